The molecule has 0 bridgehead atoms. The molecule has 0 aromatic heterocycles. The van der Waals surface area contributed by atoms with E-state index in [-0.39, 0.29) is 0 Å². The second kappa shape index (κ2) is 5.36. The van der Waals surface area contributed by atoms with Gasteiger partial charge in [-0.1, -0.05) is 56.1 Å². The summed E-state index contributed by atoms with van der Waals surface area (Å²) in [5, 5.41) is 0. The maximum Gasteiger partial charge on any atom is 0.0207 e. The fourth-order valence-corrected chi connectivity index (χ4v) is 2.58. The van der Waals surface area contributed by atoms with Crippen molar-refractivity contribution in [3.63, 3.8) is 0 Å². The van der Waals surface area contributed by atoms with Gasteiger partial charge in [-0.3, -0.25) is 0 Å². The average molecular weight is 354 g/mol. The predicted octanol–water partition coefficient (Wildman–Crippen LogP) is 5.42. The van der Waals surface area contributed by atoms with E-state index in [0.717, 1.165) is 6.42 Å². The zero-order valence-corrected chi connectivity index (χ0v) is 13.1. The molecular weight excluding hydrogens is 340 g/mol. The van der Waals surface area contributed by atoms with Gasteiger partial charge in [0.05, 0.1) is 0 Å². The smallest absolute Gasteiger partial charge is 0.0207 e. The highest BCUT2D eigenvalue weighted by Crippen LogP contribution is 2.22. The van der Waals surface area contributed by atoms with E-state index in [9.17, 15) is 0 Å². The van der Waals surface area contributed by atoms with Crippen LogP contribution in [0.1, 0.15) is 22.3 Å². The molecule has 0 aliphatic heterocycles. The Balaban J connectivity index is 2.25. The van der Waals surface area contributed by atoms with Gasteiger partial charge in [-0.25, -0.2) is 0 Å². The maximum absolute atomic E-state index is 3.58. The summed E-state index contributed by atoms with van der Waals surface area (Å²) in [6.07, 6.45) is 0.970. The number of hydrogen-bond donors (Lipinski definition) is 0. The maximum atomic E-state index is 3.58. The molecule has 0 saturated heterocycles. The average Bonchev–Trinajstić information content (AvgIpc) is 2.29. The largest absolute Gasteiger partial charge is 0.0584 e. The molecule has 2 heteroatoms. The van der Waals surface area contributed by atoms with Crippen LogP contribution >= 0.6 is 31.9 Å². The third kappa shape index (κ3) is 3.20. The van der Waals surface area contributed by atoms with E-state index in [1.807, 2.05) is 0 Å². The van der Waals surface area contributed by atoms with Crippen LogP contribution in [0.4, 0.5) is 0 Å². The molecule has 2 aromatic rings. The minimum atomic E-state index is 0.970. The standard InChI is InChI=1S/C15H14Br2/c1-10-3-5-12(8-14(10)16)7-13-6-4-11(2)15(17)9-13/h3-6,8-9H,7H2,1-2H3. The molecule has 2 rings (SSSR count). The van der Waals surface area contributed by atoms with E-state index in [2.05, 4.69) is 82.1 Å². The van der Waals surface area contributed by atoms with Crippen LogP contribution in [0.2, 0.25) is 0 Å². The summed E-state index contributed by atoms with van der Waals surface area (Å²) in [6, 6.07) is 13.1. The van der Waals surface area contributed by atoms with Gasteiger partial charge in [0.25, 0.3) is 0 Å². The van der Waals surface area contributed by atoms with Crippen LogP contribution < -0.4 is 0 Å². The molecule has 0 unspecified atom stereocenters. The van der Waals surface area contributed by atoms with Crippen molar-refractivity contribution in [3.8, 4) is 0 Å². The number of hydrogen-bond acceptors (Lipinski definition) is 0. The van der Waals surface area contributed by atoms with Gasteiger partial charge in [-0.15, -0.1) is 0 Å². The van der Waals surface area contributed by atoms with E-state index in [1.165, 1.54) is 31.2 Å². The van der Waals surface area contributed by atoms with Crippen LogP contribution in [0.15, 0.2) is 45.3 Å². The first-order valence-electron chi connectivity index (χ1n) is 5.56. The SMILES string of the molecule is Cc1ccc(Cc2ccc(C)c(Br)c2)cc1Br. The molecule has 0 atom stereocenters. The normalized spacial score (nSPS) is 10.6. The Kier molecular flexibility index (Phi) is 4.05. The zero-order chi connectivity index (χ0) is 12.4. The van der Waals surface area contributed by atoms with E-state index < -0.39 is 0 Å². The third-order valence-electron chi connectivity index (χ3n) is 2.88. The fraction of sp³-hybridized carbons (Fsp3) is 0.200. The quantitative estimate of drug-likeness (QED) is 0.676. The van der Waals surface area contributed by atoms with Crippen molar-refractivity contribution < 1.29 is 0 Å². The first-order chi connectivity index (χ1) is 8.06. The molecule has 0 saturated carbocycles. The Morgan fingerprint density at radius 1 is 0.765 bits per heavy atom. The third-order valence-corrected chi connectivity index (χ3v) is 4.59. The summed E-state index contributed by atoms with van der Waals surface area (Å²) >= 11 is 7.15. The minimum absolute atomic E-state index is 0.970. The van der Waals surface area contributed by atoms with E-state index in [4.69, 9.17) is 0 Å². The Morgan fingerprint density at radius 2 is 1.18 bits per heavy atom. The molecule has 0 N–H and O–H groups in total. The number of rotatable bonds is 2. The lowest BCUT2D eigenvalue weighted by atomic mass is 10.0. The van der Waals surface area contributed by atoms with Crippen LogP contribution in [0.25, 0.3) is 0 Å². The number of benzene rings is 2. The summed E-state index contributed by atoms with van der Waals surface area (Å²) in [5.74, 6) is 0. The summed E-state index contributed by atoms with van der Waals surface area (Å²) in [6.45, 7) is 4.21. The monoisotopic (exact) mass is 352 g/mol. The van der Waals surface area contributed by atoms with Crippen LogP contribution in [-0.2, 0) is 6.42 Å². The predicted molar refractivity (Wildman–Crippen MR) is 80.6 cm³/mol. The summed E-state index contributed by atoms with van der Waals surface area (Å²) in [5.41, 5.74) is 5.22. The molecule has 2 aromatic carbocycles. The summed E-state index contributed by atoms with van der Waals surface area (Å²) in [4.78, 5) is 0. The molecular formula is C15H14Br2. The zero-order valence-electron chi connectivity index (χ0n) is 9.93. The van der Waals surface area contributed by atoms with Crippen molar-refractivity contribution in [3.05, 3.63) is 67.6 Å². The molecule has 0 fully saturated rings. The Bertz CT molecular complexity index is 495. The van der Waals surface area contributed by atoms with Crippen LogP contribution in [0, 0.1) is 13.8 Å². The molecule has 0 heterocycles. The van der Waals surface area contributed by atoms with Crippen LogP contribution in [0.3, 0.4) is 0 Å². The van der Waals surface area contributed by atoms with Crippen LogP contribution in [-0.4, -0.2) is 0 Å². The van der Waals surface area contributed by atoms with Gasteiger partial charge >= 0.3 is 0 Å². The molecule has 17 heavy (non-hydrogen) atoms. The molecule has 0 radical (unpaired) electrons. The fourth-order valence-electron chi connectivity index (χ4n) is 1.73. The van der Waals surface area contributed by atoms with Crippen molar-refractivity contribution in [1.82, 2.24) is 0 Å². The van der Waals surface area contributed by atoms with Crippen molar-refractivity contribution in [2.45, 2.75) is 20.3 Å². The second-order valence-corrected chi connectivity index (χ2v) is 6.05. The highest BCUT2D eigenvalue weighted by molar-refractivity contribution is 9.10. The molecule has 0 nitrogen and oxygen atoms in total. The Labute approximate surface area is 119 Å². The lowest BCUT2D eigenvalue weighted by Gasteiger charge is -2.06. The molecule has 0 aliphatic carbocycles. The van der Waals surface area contributed by atoms with Gasteiger partial charge in [0, 0.05) is 8.95 Å². The number of halogens is 2. The lowest BCUT2D eigenvalue weighted by Crippen LogP contribution is -1.90. The molecule has 88 valence electrons. The first-order valence-corrected chi connectivity index (χ1v) is 7.15. The van der Waals surface area contributed by atoms with Gasteiger partial charge in [0.15, 0.2) is 0 Å². The van der Waals surface area contributed by atoms with Gasteiger partial charge in [0.1, 0.15) is 0 Å². The van der Waals surface area contributed by atoms with Gasteiger partial charge < -0.3 is 0 Å². The topological polar surface area (TPSA) is 0 Å². The van der Waals surface area contributed by atoms with Gasteiger partial charge in [-0.2, -0.15) is 0 Å². The molecule has 0 aliphatic rings. The van der Waals surface area contributed by atoms with Crippen LogP contribution in [0.5, 0.6) is 0 Å². The first kappa shape index (κ1) is 12.8. The molecule has 0 amide bonds. The van der Waals surface area contributed by atoms with E-state index in [1.54, 1.807) is 0 Å². The van der Waals surface area contributed by atoms with Crippen molar-refractivity contribution in [1.29, 1.82) is 0 Å². The number of aryl methyl sites for hydroxylation is 2. The minimum Gasteiger partial charge on any atom is -0.0584 e. The van der Waals surface area contributed by atoms with Crippen molar-refractivity contribution in [2.75, 3.05) is 0 Å². The van der Waals surface area contributed by atoms with Crippen molar-refractivity contribution >= 4 is 31.9 Å². The Hall–Kier alpha value is -0.600. The highest BCUT2D eigenvalue weighted by atomic mass is 79.9. The highest BCUT2D eigenvalue weighted by Gasteiger charge is 2.01. The molecule has 0 spiro atoms. The van der Waals surface area contributed by atoms with Gasteiger partial charge in [-0.05, 0) is 54.7 Å². The lowest BCUT2D eigenvalue weighted by molar-refractivity contribution is 1.17. The second-order valence-electron chi connectivity index (χ2n) is 4.34. The van der Waals surface area contributed by atoms with E-state index in [0.29, 0.717) is 0 Å². The summed E-state index contributed by atoms with van der Waals surface area (Å²) in [7, 11) is 0. The Morgan fingerprint density at radius 3 is 1.53 bits per heavy atom. The van der Waals surface area contributed by atoms with Gasteiger partial charge in [0.2, 0.25) is 0 Å². The van der Waals surface area contributed by atoms with Crippen molar-refractivity contribution in [2.24, 2.45) is 0 Å². The summed E-state index contributed by atoms with van der Waals surface area (Å²) < 4.78 is 2.36. The van der Waals surface area contributed by atoms with E-state index >= 15 is 0 Å².